The lowest BCUT2D eigenvalue weighted by Crippen LogP contribution is -2.09. The highest BCUT2D eigenvalue weighted by Crippen LogP contribution is 2.44. The lowest BCUT2D eigenvalue weighted by molar-refractivity contribution is 0.669. The number of para-hydroxylation sites is 2. The Morgan fingerprint density at radius 2 is 0.946 bits per heavy atom. The van der Waals surface area contributed by atoms with Crippen LogP contribution in [-0.2, 0) is 0 Å². The Labute approximate surface area is 326 Å². The highest BCUT2D eigenvalue weighted by atomic mass is 32.1. The van der Waals surface area contributed by atoms with Gasteiger partial charge in [0.05, 0.1) is 11.0 Å². The van der Waals surface area contributed by atoms with Gasteiger partial charge < -0.3 is 13.9 Å². The summed E-state index contributed by atoms with van der Waals surface area (Å²) in [4.78, 5) is 2.39. The molecule has 0 aliphatic heterocycles. The quantitative estimate of drug-likeness (QED) is 0.176. The van der Waals surface area contributed by atoms with E-state index in [0.717, 1.165) is 44.7 Å². The molecule has 0 atom stereocenters. The zero-order valence-corrected chi connectivity index (χ0v) is 31.0. The Morgan fingerprint density at radius 3 is 1.75 bits per heavy atom. The molecule has 0 radical (unpaired) electrons. The number of furan rings is 1. The highest BCUT2D eigenvalue weighted by Gasteiger charge is 2.19. The van der Waals surface area contributed by atoms with E-state index < -0.39 is 0 Å². The molecule has 0 N–H and O–H groups in total. The van der Waals surface area contributed by atoms with E-state index in [1.165, 1.54) is 63.9 Å². The summed E-state index contributed by atoms with van der Waals surface area (Å²) in [5.74, 6) is 0. The first-order valence-corrected chi connectivity index (χ1v) is 19.8. The average molecular weight is 733 g/mol. The summed E-state index contributed by atoms with van der Waals surface area (Å²) in [5.41, 5.74) is 11.0. The number of thiophene rings is 1. The van der Waals surface area contributed by atoms with Gasteiger partial charge in [0.25, 0.3) is 0 Å². The van der Waals surface area contributed by atoms with Gasteiger partial charge in [-0.05, 0) is 113 Å². The minimum atomic E-state index is 0.870. The molecule has 0 spiro atoms. The molecular formula is C52H32N2OS. The predicted molar refractivity (Wildman–Crippen MR) is 239 cm³/mol. The van der Waals surface area contributed by atoms with Crippen molar-refractivity contribution >= 4 is 103 Å². The molecule has 0 bridgehead atoms. The second kappa shape index (κ2) is 12.2. The molecule has 9 aromatic carbocycles. The van der Waals surface area contributed by atoms with E-state index >= 15 is 0 Å². The molecule has 0 fully saturated rings. The monoisotopic (exact) mass is 732 g/mol. The van der Waals surface area contributed by atoms with Crippen molar-refractivity contribution in [2.24, 2.45) is 0 Å². The molecule has 0 aliphatic rings. The summed E-state index contributed by atoms with van der Waals surface area (Å²) in [6.07, 6.45) is 0. The van der Waals surface area contributed by atoms with Gasteiger partial charge in [0, 0.05) is 64.5 Å². The Balaban J connectivity index is 1.05. The van der Waals surface area contributed by atoms with Crippen LogP contribution in [0.5, 0.6) is 0 Å². The van der Waals surface area contributed by atoms with Gasteiger partial charge in [0.2, 0.25) is 0 Å². The fraction of sp³-hybridized carbons (Fsp3) is 0. The van der Waals surface area contributed by atoms with E-state index in [2.05, 4.69) is 204 Å². The summed E-state index contributed by atoms with van der Waals surface area (Å²) in [7, 11) is 0. The molecule has 4 heteroatoms. The number of fused-ring (bicyclic) bond motifs is 10. The van der Waals surface area contributed by atoms with Crippen LogP contribution < -0.4 is 4.90 Å². The predicted octanol–water partition coefficient (Wildman–Crippen LogP) is 15.3. The van der Waals surface area contributed by atoms with Crippen molar-refractivity contribution in [3.05, 3.63) is 194 Å². The van der Waals surface area contributed by atoms with Gasteiger partial charge in [-0.25, -0.2) is 0 Å². The van der Waals surface area contributed by atoms with Crippen molar-refractivity contribution in [2.75, 3.05) is 4.90 Å². The maximum Gasteiger partial charge on any atom is 0.135 e. The Kier molecular flexibility index (Phi) is 6.80. The Hall–Kier alpha value is -7.14. The lowest BCUT2D eigenvalue weighted by Gasteiger charge is -2.26. The van der Waals surface area contributed by atoms with Crippen molar-refractivity contribution in [1.82, 2.24) is 4.57 Å². The summed E-state index contributed by atoms with van der Waals surface area (Å²) >= 11 is 1.85. The fourth-order valence-electron chi connectivity index (χ4n) is 8.71. The molecule has 56 heavy (non-hydrogen) atoms. The van der Waals surface area contributed by atoms with Gasteiger partial charge in [-0.3, -0.25) is 0 Å². The number of benzene rings is 9. The molecule has 262 valence electrons. The van der Waals surface area contributed by atoms with Crippen LogP contribution in [0.3, 0.4) is 0 Å². The zero-order chi connectivity index (χ0) is 36.7. The Morgan fingerprint density at radius 1 is 0.375 bits per heavy atom. The van der Waals surface area contributed by atoms with Crippen LogP contribution in [-0.4, -0.2) is 4.57 Å². The molecule has 0 saturated carbocycles. The molecule has 0 unspecified atom stereocenters. The van der Waals surface area contributed by atoms with Crippen LogP contribution in [0.1, 0.15) is 0 Å². The molecule has 3 nitrogen and oxygen atoms in total. The van der Waals surface area contributed by atoms with Crippen LogP contribution in [0.4, 0.5) is 17.1 Å². The second-order valence-corrected chi connectivity index (χ2v) is 15.6. The molecule has 3 aromatic heterocycles. The number of rotatable bonds is 5. The first-order valence-electron chi connectivity index (χ1n) is 19.0. The Bertz CT molecular complexity index is 3440. The first kappa shape index (κ1) is 31.2. The van der Waals surface area contributed by atoms with Gasteiger partial charge in [-0.15, -0.1) is 11.3 Å². The zero-order valence-electron chi connectivity index (χ0n) is 30.2. The van der Waals surface area contributed by atoms with Crippen molar-refractivity contribution < 1.29 is 4.42 Å². The first-order chi connectivity index (χ1) is 27.7. The highest BCUT2D eigenvalue weighted by molar-refractivity contribution is 7.25. The molecule has 12 aromatic rings. The third kappa shape index (κ3) is 4.83. The normalized spacial score (nSPS) is 11.9. The van der Waals surface area contributed by atoms with Crippen LogP contribution in [0.2, 0.25) is 0 Å². The molecular weight excluding hydrogens is 701 g/mol. The topological polar surface area (TPSA) is 21.3 Å². The smallest absolute Gasteiger partial charge is 0.135 e. The van der Waals surface area contributed by atoms with Gasteiger partial charge in [0.1, 0.15) is 11.2 Å². The van der Waals surface area contributed by atoms with Gasteiger partial charge >= 0.3 is 0 Å². The standard InChI is InChI=1S/C52H32N2OS/c1-2-10-33(11-3-1)34-18-19-36-29-37(21-20-35(36)28-34)53(39-24-27-52-46(32-39)43-14-6-9-17-51(43)56-52)38-22-25-49-44(30-38)45-31-40(23-26-50(45)55-49)54-47-15-7-4-12-41(47)42-13-5-8-16-48(42)54/h1-32H. The third-order valence-corrected chi connectivity index (χ3v) is 12.5. The van der Waals surface area contributed by atoms with Gasteiger partial charge in [-0.1, -0.05) is 103 Å². The van der Waals surface area contributed by atoms with E-state index in [0.29, 0.717) is 0 Å². The summed E-state index contributed by atoms with van der Waals surface area (Å²) in [5, 5.41) is 9.64. The number of hydrogen-bond acceptors (Lipinski definition) is 3. The van der Waals surface area contributed by atoms with Crippen molar-refractivity contribution in [3.8, 4) is 16.8 Å². The van der Waals surface area contributed by atoms with E-state index in [1.54, 1.807) is 0 Å². The van der Waals surface area contributed by atoms with Crippen molar-refractivity contribution in [3.63, 3.8) is 0 Å². The van der Waals surface area contributed by atoms with E-state index in [1.807, 2.05) is 11.3 Å². The molecule has 0 saturated heterocycles. The van der Waals surface area contributed by atoms with Crippen LogP contribution in [0, 0.1) is 0 Å². The minimum absolute atomic E-state index is 0.870. The van der Waals surface area contributed by atoms with Gasteiger partial charge in [-0.2, -0.15) is 0 Å². The molecule has 0 aliphatic carbocycles. The number of aromatic nitrogens is 1. The summed E-state index contributed by atoms with van der Waals surface area (Å²) in [6, 6.07) is 70.3. The van der Waals surface area contributed by atoms with E-state index in [9.17, 15) is 0 Å². The second-order valence-electron chi connectivity index (χ2n) is 14.6. The maximum absolute atomic E-state index is 6.52. The number of hydrogen-bond donors (Lipinski definition) is 0. The van der Waals surface area contributed by atoms with Crippen molar-refractivity contribution in [2.45, 2.75) is 0 Å². The fourth-order valence-corrected chi connectivity index (χ4v) is 9.80. The minimum Gasteiger partial charge on any atom is -0.456 e. The molecule has 3 heterocycles. The SMILES string of the molecule is c1ccc(-c2ccc3cc(N(c4ccc5oc6ccc(-n7c8ccccc8c8ccccc87)cc6c5c4)c4ccc5sc6ccccc6c5c4)ccc3c2)cc1. The van der Waals surface area contributed by atoms with E-state index in [-0.39, 0.29) is 0 Å². The number of anilines is 3. The summed E-state index contributed by atoms with van der Waals surface area (Å²) in [6.45, 7) is 0. The molecule has 12 rings (SSSR count). The maximum atomic E-state index is 6.52. The van der Waals surface area contributed by atoms with E-state index in [4.69, 9.17) is 4.42 Å². The summed E-state index contributed by atoms with van der Waals surface area (Å²) < 4.78 is 11.5. The largest absolute Gasteiger partial charge is 0.456 e. The van der Waals surface area contributed by atoms with Gasteiger partial charge in [0.15, 0.2) is 0 Å². The van der Waals surface area contributed by atoms with Crippen LogP contribution in [0.15, 0.2) is 199 Å². The average Bonchev–Trinajstić information content (AvgIpc) is 3.93. The lowest BCUT2D eigenvalue weighted by atomic mass is 10.0. The van der Waals surface area contributed by atoms with Crippen molar-refractivity contribution in [1.29, 1.82) is 0 Å². The third-order valence-electron chi connectivity index (χ3n) is 11.3. The van der Waals surface area contributed by atoms with Crippen LogP contribution in [0.25, 0.3) is 91.5 Å². The molecule has 0 amide bonds. The van der Waals surface area contributed by atoms with Crippen LogP contribution >= 0.6 is 11.3 Å². The number of nitrogens with zero attached hydrogens (tertiary/aromatic N) is 2.